The van der Waals surface area contributed by atoms with Crippen molar-refractivity contribution >= 4 is 17.8 Å². The third-order valence-electron chi connectivity index (χ3n) is 9.79. The Kier molecular flexibility index (Phi) is 8.45. The first kappa shape index (κ1) is 28.8. The zero-order valence-corrected chi connectivity index (χ0v) is 25.3. The van der Waals surface area contributed by atoms with Gasteiger partial charge in [-0.1, -0.05) is 54.6 Å². The summed E-state index contributed by atoms with van der Waals surface area (Å²) in [6, 6.07) is 22.0. The fourth-order valence-corrected chi connectivity index (χ4v) is 9.04. The number of ether oxygens (including phenoxy) is 2. The van der Waals surface area contributed by atoms with Crippen LogP contribution in [-0.4, -0.2) is 33.5 Å². The van der Waals surface area contributed by atoms with Crippen LogP contribution >= 0.6 is 11.8 Å². The van der Waals surface area contributed by atoms with Crippen molar-refractivity contribution in [3.8, 4) is 0 Å². The summed E-state index contributed by atoms with van der Waals surface area (Å²) in [7, 11) is 0. The van der Waals surface area contributed by atoms with Crippen LogP contribution in [0.2, 0.25) is 0 Å². The van der Waals surface area contributed by atoms with Gasteiger partial charge in [0.2, 0.25) is 0 Å². The predicted octanol–water partition coefficient (Wildman–Crippen LogP) is 6.68. The van der Waals surface area contributed by atoms with Crippen LogP contribution in [-0.2, 0) is 22.6 Å². The lowest BCUT2D eigenvalue weighted by molar-refractivity contribution is -0.245. The third-order valence-corrected chi connectivity index (χ3v) is 10.9. The van der Waals surface area contributed by atoms with Gasteiger partial charge in [0.25, 0.3) is 0 Å². The van der Waals surface area contributed by atoms with Gasteiger partial charge < -0.3 is 25.2 Å². The average Bonchev–Trinajstić information content (AvgIpc) is 3.02. The van der Waals surface area contributed by atoms with Crippen LogP contribution in [0.4, 0.5) is 4.79 Å². The number of nitrogens with zero attached hydrogens (tertiary/aromatic N) is 1. The van der Waals surface area contributed by atoms with E-state index >= 15 is 0 Å². The molecule has 1 aliphatic heterocycles. The van der Waals surface area contributed by atoms with Crippen molar-refractivity contribution in [1.29, 1.82) is 0 Å². The lowest BCUT2D eigenvalue weighted by Crippen LogP contribution is -2.61. The summed E-state index contributed by atoms with van der Waals surface area (Å²) in [5.74, 6) is 3.17. The average molecular weight is 600 g/mol. The van der Waals surface area contributed by atoms with Gasteiger partial charge in [-0.25, -0.2) is 9.78 Å². The van der Waals surface area contributed by atoms with E-state index in [-0.39, 0.29) is 30.4 Å². The van der Waals surface area contributed by atoms with Gasteiger partial charge in [0.05, 0.1) is 23.8 Å². The highest BCUT2D eigenvalue weighted by Gasteiger charge is 2.51. The minimum atomic E-state index is -0.507. The van der Waals surface area contributed by atoms with Crippen molar-refractivity contribution < 1.29 is 19.4 Å². The number of rotatable bonds is 9. The molecule has 3 unspecified atom stereocenters. The monoisotopic (exact) mass is 599 g/mol. The van der Waals surface area contributed by atoms with Crippen LogP contribution in [0.3, 0.4) is 0 Å². The molecular formula is C35H41N3O4S. The number of nitrogens with one attached hydrogen (secondary N) is 2. The fraction of sp³-hybridized carbons (Fsp3) is 0.486. The van der Waals surface area contributed by atoms with Gasteiger partial charge in [0.15, 0.2) is 6.29 Å². The number of hydrogen-bond acceptors (Lipinski definition) is 6. The summed E-state index contributed by atoms with van der Waals surface area (Å²) in [6.45, 7) is 0.500. The zero-order chi connectivity index (χ0) is 29.2. The van der Waals surface area contributed by atoms with E-state index in [1.54, 1.807) is 11.8 Å². The second-order valence-corrected chi connectivity index (χ2v) is 14.1. The van der Waals surface area contributed by atoms with Gasteiger partial charge in [0, 0.05) is 36.0 Å². The Hall–Kier alpha value is -2.91. The second kappa shape index (κ2) is 12.6. The number of carbonyl (C=O) groups excluding carboxylic acids is 1. The Morgan fingerprint density at radius 2 is 1.53 bits per heavy atom. The number of thioether (sulfide) groups is 1. The van der Waals surface area contributed by atoms with Crippen LogP contribution in [0.1, 0.15) is 79.6 Å². The molecule has 2 aromatic carbocycles. The molecule has 4 saturated carbocycles. The van der Waals surface area contributed by atoms with E-state index in [0.717, 1.165) is 76.5 Å². The number of aliphatic hydroxyl groups is 1. The zero-order valence-electron chi connectivity index (χ0n) is 24.5. The molecule has 1 saturated heterocycles. The molecule has 43 heavy (non-hydrogen) atoms. The highest BCUT2D eigenvalue weighted by molar-refractivity contribution is 7.99. The number of aliphatic hydroxyl groups excluding tert-OH is 1. The van der Waals surface area contributed by atoms with E-state index in [2.05, 4.69) is 15.6 Å². The number of aromatic nitrogens is 1. The predicted molar refractivity (Wildman–Crippen MR) is 166 cm³/mol. The molecule has 8 rings (SSSR count). The third kappa shape index (κ3) is 6.78. The molecule has 7 nitrogen and oxygen atoms in total. The molecule has 5 fully saturated rings. The maximum atomic E-state index is 12.9. The fourth-order valence-electron chi connectivity index (χ4n) is 8.16. The molecule has 4 bridgehead atoms. The highest BCUT2D eigenvalue weighted by atomic mass is 32.2. The SMILES string of the molecule is O=C(NCc1ccc(C2OC(CSc3ccccn3)CC(c3ccc(CO)cc3)O2)cc1)NC12CC3CC(CC(C3)C1)C2. The summed E-state index contributed by atoms with van der Waals surface area (Å²) < 4.78 is 13.0. The van der Waals surface area contributed by atoms with E-state index in [0.29, 0.717) is 6.54 Å². The van der Waals surface area contributed by atoms with Crippen LogP contribution in [0, 0.1) is 17.8 Å². The van der Waals surface area contributed by atoms with E-state index in [1.165, 1.54) is 19.3 Å². The topological polar surface area (TPSA) is 92.7 Å². The number of urea groups is 1. The smallest absolute Gasteiger partial charge is 0.315 e. The molecule has 5 aliphatic rings. The molecule has 4 aliphatic carbocycles. The lowest BCUT2D eigenvalue weighted by Gasteiger charge is -2.56. The number of pyridine rings is 1. The number of benzene rings is 2. The first-order chi connectivity index (χ1) is 21.0. The molecule has 3 aromatic rings. The number of carbonyl (C=O) groups is 1. The second-order valence-electron chi connectivity index (χ2n) is 13.1. The maximum Gasteiger partial charge on any atom is 0.315 e. The highest BCUT2D eigenvalue weighted by Crippen LogP contribution is 2.55. The summed E-state index contributed by atoms with van der Waals surface area (Å²) in [5.41, 5.74) is 3.96. The van der Waals surface area contributed by atoms with Crippen molar-refractivity contribution in [1.82, 2.24) is 15.6 Å². The Labute approximate surface area is 258 Å². The van der Waals surface area contributed by atoms with Gasteiger partial charge in [0.1, 0.15) is 0 Å². The summed E-state index contributed by atoms with van der Waals surface area (Å²) >= 11 is 1.69. The Morgan fingerprint density at radius 1 is 0.860 bits per heavy atom. The standard InChI is InChI=1S/C35H41N3O4S/c39-21-24-6-8-28(9-7-24)31-16-30(22-43-32-3-1-2-12-36-32)41-33(42-31)29-10-4-23(5-11-29)20-37-34(40)38-35-17-25-13-26(18-35)15-27(14-25)19-35/h1-12,25-27,30-31,33,39H,13-22H2,(H2,37,38,40). The van der Waals surface area contributed by atoms with Crippen LogP contribution < -0.4 is 10.6 Å². The number of hydrogen-bond donors (Lipinski definition) is 3. The molecule has 3 N–H and O–H groups in total. The van der Waals surface area contributed by atoms with Crippen molar-refractivity contribution in [2.45, 2.75) is 87.2 Å². The Morgan fingerprint density at radius 3 is 2.19 bits per heavy atom. The molecule has 2 heterocycles. The van der Waals surface area contributed by atoms with Crippen molar-refractivity contribution in [3.63, 3.8) is 0 Å². The summed E-state index contributed by atoms with van der Waals surface area (Å²) in [5, 5.41) is 17.0. The molecule has 3 atom stereocenters. The molecule has 226 valence electrons. The van der Waals surface area contributed by atoms with Crippen LogP contribution in [0.25, 0.3) is 0 Å². The normalized spacial score (nSPS) is 31.1. The van der Waals surface area contributed by atoms with Gasteiger partial charge in [-0.2, -0.15) is 0 Å². The van der Waals surface area contributed by atoms with E-state index in [9.17, 15) is 9.90 Å². The van der Waals surface area contributed by atoms with Crippen molar-refractivity contribution in [2.75, 3.05) is 5.75 Å². The molecular weight excluding hydrogens is 558 g/mol. The van der Waals surface area contributed by atoms with Crippen molar-refractivity contribution in [3.05, 3.63) is 95.2 Å². The Bertz CT molecular complexity index is 1350. The molecule has 0 spiro atoms. The molecule has 0 radical (unpaired) electrons. The minimum absolute atomic E-state index is 0.0126. The van der Waals surface area contributed by atoms with Gasteiger partial charge in [-0.15, -0.1) is 11.8 Å². The minimum Gasteiger partial charge on any atom is -0.392 e. The summed E-state index contributed by atoms with van der Waals surface area (Å²) in [4.78, 5) is 17.4. The van der Waals surface area contributed by atoms with E-state index < -0.39 is 6.29 Å². The quantitative estimate of drug-likeness (QED) is 0.238. The molecule has 2 amide bonds. The van der Waals surface area contributed by atoms with E-state index in [4.69, 9.17) is 9.47 Å². The molecule has 1 aromatic heterocycles. The summed E-state index contributed by atoms with van der Waals surface area (Å²) in [6.07, 6.45) is 9.42. The van der Waals surface area contributed by atoms with Gasteiger partial charge >= 0.3 is 6.03 Å². The number of amides is 2. The first-order valence-electron chi connectivity index (χ1n) is 15.7. The van der Waals surface area contributed by atoms with Gasteiger partial charge in [-0.3, -0.25) is 0 Å². The molecule has 8 heteroatoms. The lowest BCUT2D eigenvalue weighted by atomic mass is 9.53. The first-order valence-corrected chi connectivity index (χ1v) is 16.7. The van der Waals surface area contributed by atoms with Crippen LogP contribution in [0.15, 0.2) is 78.0 Å². The largest absolute Gasteiger partial charge is 0.392 e. The van der Waals surface area contributed by atoms with Crippen molar-refractivity contribution in [2.24, 2.45) is 17.8 Å². The Balaban J connectivity index is 0.982. The van der Waals surface area contributed by atoms with Crippen LogP contribution in [0.5, 0.6) is 0 Å². The maximum absolute atomic E-state index is 12.9. The van der Waals surface area contributed by atoms with E-state index in [1.807, 2.05) is 72.9 Å². The van der Waals surface area contributed by atoms with Gasteiger partial charge in [-0.05, 0) is 85.1 Å².